The number of benzene rings is 2. The molecule has 0 bridgehead atoms. The van der Waals surface area contributed by atoms with Gasteiger partial charge in [-0.15, -0.1) is 0 Å². The average molecular weight is 311 g/mol. The zero-order chi connectivity index (χ0) is 17.0. The Morgan fingerprint density at radius 2 is 1.65 bits per heavy atom. The molecule has 0 aliphatic heterocycles. The number of Topliss-reactive ketones (excluding diaryl/α,β-unsaturated/α-hetero) is 2. The van der Waals surface area contributed by atoms with Crippen molar-refractivity contribution in [3.8, 4) is 11.8 Å². The van der Waals surface area contributed by atoms with E-state index in [1.54, 1.807) is 25.1 Å². The summed E-state index contributed by atoms with van der Waals surface area (Å²) in [4.78, 5) is 24.7. The molecule has 0 saturated carbocycles. The van der Waals surface area contributed by atoms with E-state index in [0.717, 1.165) is 6.07 Å². The molecule has 0 aromatic heterocycles. The number of nitriles is 1. The Morgan fingerprint density at radius 3 is 2.17 bits per heavy atom. The Bertz CT molecular complexity index is 791. The van der Waals surface area contributed by atoms with E-state index in [1.807, 2.05) is 0 Å². The lowest BCUT2D eigenvalue weighted by Crippen LogP contribution is -2.23. The van der Waals surface area contributed by atoms with Gasteiger partial charge in [-0.2, -0.15) is 5.26 Å². The Morgan fingerprint density at radius 1 is 1.09 bits per heavy atom. The smallest absolute Gasteiger partial charge is 0.188 e. The number of ether oxygens (including phenoxy) is 1. The predicted molar refractivity (Wildman–Crippen MR) is 81.9 cm³/mol. The first-order valence-corrected chi connectivity index (χ1v) is 6.86. The summed E-state index contributed by atoms with van der Waals surface area (Å²) in [7, 11) is 1.49. The molecule has 0 aliphatic carbocycles. The monoisotopic (exact) mass is 311 g/mol. The van der Waals surface area contributed by atoms with Gasteiger partial charge in [-0.1, -0.05) is 12.1 Å². The van der Waals surface area contributed by atoms with Crippen LogP contribution in [0, 0.1) is 30.0 Å². The van der Waals surface area contributed by atoms with Gasteiger partial charge in [0.05, 0.1) is 13.2 Å². The number of carbonyl (C=O) groups excluding carboxylic acids is 2. The van der Waals surface area contributed by atoms with Crippen LogP contribution in [-0.2, 0) is 0 Å². The minimum atomic E-state index is -1.51. The van der Waals surface area contributed by atoms with Crippen LogP contribution >= 0.6 is 0 Å². The summed E-state index contributed by atoms with van der Waals surface area (Å²) < 4.78 is 18.6. The number of ketones is 2. The zero-order valence-electron chi connectivity index (χ0n) is 12.7. The van der Waals surface area contributed by atoms with Crippen molar-refractivity contribution in [3.05, 3.63) is 65.0 Å². The van der Waals surface area contributed by atoms with Gasteiger partial charge in [0.15, 0.2) is 17.5 Å². The highest BCUT2D eigenvalue weighted by molar-refractivity contribution is 6.18. The van der Waals surface area contributed by atoms with Gasteiger partial charge in [0, 0.05) is 11.1 Å². The van der Waals surface area contributed by atoms with E-state index < -0.39 is 23.3 Å². The minimum absolute atomic E-state index is 0.00140. The number of rotatable bonds is 5. The van der Waals surface area contributed by atoms with E-state index >= 15 is 0 Å². The molecule has 116 valence electrons. The van der Waals surface area contributed by atoms with Crippen molar-refractivity contribution in [2.24, 2.45) is 5.92 Å². The molecule has 0 unspecified atom stereocenters. The number of hydrogen-bond acceptors (Lipinski definition) is 4. The third-order valence-electron chi connectivity index (χ3n) is 3.48. The van der Waals surface area contributed by atoms with Crippen LogP contribution in [-0.4, -0.2) is 18.7 Å². The molecule has 1 atom stereocenters. The van der Waals surface area contributed by atoms with Gasteiger partial charge < -0.3 is 4.74 Å². The van der Waals surface area contributed by atoms with Crippen molar-refractivity contribution < 1.29 is 18.7 Å². The summed E-state index contributed by atoms with van der Waals surface area (Å²) in [5.41, 5.74) is 0.608. The van der Waals surface area contributed by atoms with Crippen molar-refractivity contribution in [3.63, 3.8) is 0 Å². The van der Waals surface area contributed by atoms with Crippen LogP contribution < -0.4 is 4.74 Å². The molecular formula is C18H14FNO3. The highest BCUT2D eigenvalue weighted by Gasteiger charge is 2.28. The maximum atomic E-state index is 13.6. The highest BCUT2D eigenvalue weighted by atomic mass is 19.1. The molecule has 0 amide bonds. The summed E-state index contributed by atoms with van der Waals surface area (Å²) in [6.45, 7) is 1.56. The van der Waals surface area contributed by atoms with Gasteiger partial charge in [-0.05, 0) is 42.8 Å². The first kappa shape index (κ1) is 16.4. The van der Waals surface area contributed by atoms with Gasteiger partial charge in [0.1, 0.15) is 11.6 Å². The molecule has 0 N–H and O–H groups in total. The topological polar surface area (TPSA) is 67.2 Å². The summed E-state index contributed by atoms with van der Waals surface area (Å²) in [5, 5.41) is 9.20. The molecule has 0 radical (unpaired) electrons. The SMILES string of the molecule is COc1ccc(C(=O)[C@H](C#N)C(=O)c2ccc(C)c(F)c2)cc1. The van der Waals surface area contributed by atoms with Crippen molar-refractivity contribution >= 4 is 11.6 Å². The molecule has 0 spiro atoms. The van der Waals surface area contributed by atoms with E-state index in [1.165, 1.54) is 31.4 Å². The minimum Gasteiger partial charge on any atom is -0.497 e. The normalized spacial score (nSPS) is 11.4. The lowest BCUT2D eigenvalue weighted by molar-refractivity contribution is 0.0845. The van der Waals surface area contributed by atoms with Crippen LogP contribution in [0.5, 0.6) is 5.75 Å². The average Bonchev–Trinajstić information content (AvgIpc) is 2.57. The molecule has 0 saturated heterocycles. The third-order valence-corrected chi connectivity index (χ3v) is 3.48. The first-order valence-electron chi connectivity index (χ1n) is 6.86. The second kappa shape index (κ2) is 6.84. The van der Waals surface area contributed by atoms with E-state index in [2.05, 4.69) is 0 Å². The number of methoxy groups -OCH3 is 1. The molecule has 2 aromatic rings. The second-order valence-corrected chi connectivity index (χ2v) is 4.98. The molecule has 0 aliphatic rings. The van der Waals surface area contributed by atoms with Crippen LogP contribution in [0.1, 0.15) is 26.3 Å². The van der Waals surface area contributed by atoms with Crippen LogP contribution in [0.25, 0.3) is 0 Å². The van der Waals surface area contributed by atoms with Crippen LogP contribution in [0.15, 0.2) is 42.5 Å². The van der Waals surface area contributed by atoms with Crippen LogP contribution in [0.2, 0.25) is 0 Å². The standard InChI is InChI=1S/C18H14FNO3/c1-11-3-4-13(9-16(11)19)18(22)15(10-20)17(21)12-5-7-14(23-2)8-6-12/h3-9,15H,1-2H3/t15-/m0/s1. The van der Waals surface area contributed by atoms with Crippen LogP contribution in [0.3, 0.4) is 0 Å². The van der Waals surface area contributed by atoms with Crippen molar-refractivity contribution in [1.82, 2.24) is 0 Å². The molecule has 2 rings (SSSR count). The predicted octanol–water partition coefficient (Wildman–Crippen LogP) is 3.35. The number of aryl methyl sites for hydroxylation is 1. The van der Waals surface area contributed by atoms with E-state index in [0.29, 0.717) is 11.3 Å². The second-order valence-electron chi connectivity index (χ2n) is 4.98. The summed E-state index contributed by atoms with van der Waals surface area (Å²) in [6, 6.07) is 11.7. The van der Waals surface area contributed by atoms with Crippen LogP contribution in [0.4, 0.5) is 4.39 Å². The maximum absolute atomic E-state index is 13.6. The van der Waals surface area contributed by atoms with Gasteiger partial charge in [-0.25, -0.2) is 4.39 Å². The van der Waals surface area contributed by atoms with E-state index in [-0.39, 0.29) is 11.1 Å². The lowest BCUT2D eigenvalue weighted by atomic mass is 9.91. The van der Waals surface area contributed by atoms with Crippen molar-refractivity contribution in [2.75, 3.05) is 7.11 Å². The molecular weight excluding hydrogens is 297 g/mol. The number of hydrogen-bond donors (Lipinski definition) is 0. The summed E-state index contributed by atoms with van der Waals surface area (Å²) >= 11 is 0. The fraction of sp³-hybridized carbons (Fsp3) is 0.167. The fourth-order valence-corrected chi connectivity index (χ4v) is 2.07. The van der Waals surface area contributed by atoms with Gasteiger partial charge >= 0.3 is 0 Å². The van der Waals surface area contributed by atoms with E-state index in [4.69, 9.17) is 4.74 Å². The summed E-state index contributed by atoms with van der Waals surface area (Å²) in [5.74, 6) is -2.84. The van der Waals surface area contributed by atoms with Gasteiger partial charge in [0.25, 0.3) is 0 Å². The Hall–Kier alpha value is -3.00. The third kappa shape index (κ3) is 3.43. The molecule has 5 heteroatoms. The van der Waals surface area contributed by atoms with Gasteiger partial charge in [0.2, 0.25) is 0 Å². The summed E-state index contributed by atoms with van der Waals surface area (Å²) in [6.07, 6.45) is 0. The van der Waals surface area contributed by atoms with Crippen molar-refractivity contribution in [2.45, 2.75) is 6.92 Å². The van der Waals surface area contributed by atoms with E-state index in [9.17, 15) is 19.2 Å². The quantitative estimate of drug-likeness (QED) is 0.627. The number of nitrogens with zero attached hydrogens (tertiary/aromatic N) is 1. The van der Waals surface area contributed by atoms with Gasteiger partial charge in [-0.3, -0.25) is 9.59 Å². The molecule has 0 fully saturated rings. The Balaban J connectivity index is 2.30. The maximum Gasteiger partial charge on any atom is 0.188 e. The number of halogens is 1. The van der Waals surface area contributed by atoms with Crippen molar-refractivity contribution in [1.29, 1.82) is 5.26 Å². The fourth-order valence-electron chi connectivity index (χ4n) is 2.07. The molecule has 23 heavy (non-hydrogen) atoms. The largest absolute Gasteiger partial charge is 0.497 e. The number of carbonyl (C=O) groups is 2. The highest BCUT2D eigenvalue weighted by Crippen LogP contribution is 2.19. The first-order chi connectivity index (χ1) is 11.0. The lowest BCUT2D eigenvalue weighted by Gasteiger charge is -2.09. The molecule has 2 aromatic carbocycles. The Kier molecular flexibility index (Phi) is 4.87. The zero-order valence-corrected chi connectivity index (χ0v) is 12.7. The molecule has 0 heterocycles. The molecule has 4 nitrogen and oxygen atoms in total. The Labute approximate surface area is 133 Å².